The molecular formula is C58H35N3S. The molecule has 10 aromatic rings. The van der Waals surface area contributed by atoms with Gasteiger partial charge in [0.15, 0.2) is 11.5 Å². The summed E-state index contributed by atoms with van der Waals surface area (Å²) in [5, 5.41) is 2.38. The standard InChI is InChI=1S/C58H35N3S/c1-59-42-28-24-37(25-29-42)43-31-32-44(46-19-9-8-18-45(43)46)40-27-33-56-52(34-40)58(50-22-12-13-23-55(50)62-56)49-21-11-10-20-47(49)48-30-26-41(35-51(48)58)54-36-53(38-14-4-2-5-15-38)60-57(61-54)39-16-6-3-7-17-39/h2-36H. The lowest BCUT2D eigenvalue weighted by molar-refractivity contribution is 0.723. The first-order valence-electron chi connectivity index (χ1n) is 20.8. The van der Waals surface area contributed by atoms with Crippen molar-refractivity contribution in [2.75, 3.05) is 0 Å². The summed E-state index contributed by atoms with van der Waals surface area (Å²) in [4.78, 5) is 16.5. The fourth-order valence-electron chi connectivity index (χ4n) is 9.81. The molecule has 0 fully saturated rings. The number of aromatic nitrogens is 2. The molecule has 1 spiro atoms. The predicted octanol–water partition coefficient (Wildman–Crippen LogP) is 15.3. The second kappa shape index (κ2) is 14.4. The summed E-state index contributed by atoms with van der Waals surface area (Å²) in [5.41, 5.74) is 17.1. The van der Waals surface area contributed by atoms with Crippen molar-refractivity contribution < 1.29 is 0 Å². The van der Waals surface area contributed by atoms with Crippen LogP contribution in [-0.2, 0) is 5.41 Å². The van der Waals surface area contributed by atoms with Crippen LogP contribution in [0, 0.1) is 6.57 Å². The lowest BCUT2D eigenvalue weighted by Crippen LogP contribution is -2.32. The van der Waals surface area contributed by atoms with Gasteiger partial charge in [0.2, 0.25) is 0 Å². The summed E-state index contributed by atoms with van der Waals surface area (Å²) in [6, 6.07) is 76.0. The highest BCUT2D eigenvalue weighted by atomic mass is 32.2. The van der Waals surface area contributed by atoms with Gasteiger partial charge in [0.1, 0.15) is 0 Å². The van der Waals surface area contributed by atoms with Crippen LogP contribution >= 0.6 is 11.8 Å². The Labute approximate surface area is 364 Å². The van der Waals surface area contributed by atoms with Crippen LogP contribution in [0.2, 0.25) is 0 Å². The van der Waals surface area contributed by atoms with Gasteiger partial charge in [0.25, 0.3) is 0 Å². The van der Waals surface area contributed by atoms with E-state index in [1.165, 1.54) is 65.1 Å². The molecule has 0 saturated carbocycles. The molecule has 1 unspecified atom stereocenters. The second-order valence-corrected chi connectivity index (χ2v) is 17.0. The number of nitrogens with zero attached hydrogens (tertiary/aromatic N) is 3. The second-order valence-electron chi connectivity index (χ2n) is 15.9. The van der Waals surface area contributed by atoms with Crippen molar-refractivity contribution in [2.45, 2.75) is 15.2 Å². The molecule has 2 aliphatic rings. The summed E-state index contributed by atoms with van der Waals surface area (Å²) in [5.74, 6) is 0.702. The first-order chi connectivity index (χ1) is 30.7. The predicted molar refractivity (Wildman–Crippen MR) is 254 cm³/mol. The highest BCUT2D eigenvalue weighted by molar-refractivity contribution is 7.99. The van der Waals surface area contributed by atoms with Gasteiger partial charge in [-0.2, -0.15) is 0 Å². The van der Waals surface area contributed by atoms with Crippen LogP contribution in [0.1, 0.15) is 22.3 Å². The van der Waals surface area contributed by atoms with Crippen LogP contribution in [0.15, 0.2) is 222 Å². The Kier molecular flexibility index (Phi) is 8.38. The highest BCUT2D eigenvalue weighted by Gasteiger charge is 2.50. The maximum Gasteiger partial charge on any atom is 0.187 e. The Balaban J connectivity index is 1.09. The zero-order valence-corrected chi connectivity index (χ0v) is 34.3. The van der Waals surface area contributed by atoms with Crippen molar-refractivity contribution in [2.24, 2.45) is 0 Å². The van der Waals surface area contributed by atoms with Gasteiger partial charge < -0.3 is 0 Å². The fourth-order valence-corrected chi connectivity index (χ4v) is 11.0. The van der Waals surface area contributed by atoms with Crippen LogP contribution in [0.25, 0.3) is 82.9 Å². The summed E-state index contributed by atoms with van der Waals surface area (Å²) in [7, 11) is 0. The molecule has 0 radical (unpaired) electrons. The van der Waals surface area contributed by atoms with Gasteiger partial charge in [0, 0.05) is 26.5 Å². The van der Waals surface area contributed by atoms with E-state index in [4.69, 9.17) is 16.5 Å². The molecule has 9 aromatic carbocycles. The van der Waals surface area contributed by atoms with Crippen molar-refractivity contribution >= 4 is 28.2 Å². The minimum atomic E-state index is -0.590. The summed E-state index contributed by atoms with van der Waals surface area (Å²) in [6.45, 7) is 7.46. The van der Waals surface area contributed by atoms with Crippen LogP contribution in [0.3, 0.4) is 0 Å². The van der Waals surface area contributed by atoms with E-state index in [0.717, 1.165) is 39.2 Å². The van der Waals surface area contributed by atoms with E-state index in [1.54, 1.807) is 0 Å². The summed E-state index contributed by atoms with van der Waals surface area (Å²) in [6.07, 6.45) is 0. The first kappa shape index (κ1) is 36.0. The van der Waals surface area contributed by atoms with Crippen LogP contribution in [0.4, 0.5) is 5.69 Å². The normalized spacial score (nSPS) is 14.4. The number of hydrogen-bond acceptors (Lipinski definition) is 3. The quantitative estimate of drug-likeness (QED) is 0.162. The van der Waals surface area contributed by atoms with Crippen molar-refractivity contribution in [3.8, 4) is 67.3 Å². The van der Waals surface area contributed by atoms with E-state index >= 15 is 0 Å². The van der Waals surface area contributed by atoms with Crippen LogP contribution in [-0.4, -0.2) is 9.97 Å². The zero-order chi connectivity index (χ0) is 41.2. The maximum absolute atomic E-state index is 7.46. The Morgan fingerprint density at radius 3 is 1.65 bits per heavy atom. The van der Waals surface area contributed by atoms with E-state index in [-0.39, 0.29) is 0 Å². The topological polar surface area (TPSA) is 30.1 Å². The van der Waals surface area contributed by atoms with Gasteiger partial charge in [-0.3, -0.25) is 0 Å². The minimum Gasteiger partial charge on any atom is -0.238 e. The van der Waals surface area contributed by atoms with E-state index in [1.807, 2.05) is 48.2 Å². The first-order valence-corrected chi connectivity index (χ1v) is 21.7. The SMILES string of the molecule is [C-]#[N+]c1ccc(-c2ccc(-c3ccc4c(c3)C3(c5ccccc5S4)c4ccccc4-c4ccc(-c5cc(-c6ccccc6)nc(-c6ccccc6)n5)cc43)c3ccccc23)cc1. The van der Waals surface area contributed by atoms with Gasteiger partial charge in [-0.15, -0.1) is 0 Å². The largest absolute Gasteiger partial charge is 0.238 e. The molecule has 1 aliphatic heterocycles. The zero-order valence-electron chi connectivity index (χ0n) is 33.5. The third-order valence-electron chi connectivity index (χ3n) is 12.6. The molecule has 0 bridgehead atoms. The Morgan fingerprint density at radius 1 is 0.371 bits per heavy atom. The van der Waals surface area contributed by atoms with E-state index < -0.39 is 5.41 Å². The molecule has 62 heavy (non-hydrogen) atoms. The van der Waals surface area contributed by atoms with Crippen molar-refractivity contribution in [3.63, 3.8) is 0 Å². The molecule has 12 rings (SSSR count). The van der Waals surface area contributed by atoms with Gasteiger partial charge in [-0.05, 0) is 96.7 Å². The Morgan fingerprint density at radius 2 is 0.903 bits per heavy atom. The molecule has 2 heterocycles. The van der Waals surface area contributed by atoms with Gasteiger partial charge in [-0.25, -0.2) is 14.8 Å². The maximum atomic E-state index is 7.46. The number of hydrogen-bond donors (Lipinski definition) is 0. The average molecular weight is 806 g/mol. The van der Waals surface area contributed by atoms with Gasteiger partial charge >= 0.3 is 0 Å². The molecule has 3 nitrogen and oxygen atoms in total. The third-order valence-corrected chi connectivity index (χ3v) is 13.8. The van der Waals surface area contributed by atoms with Gasteiger partial charge in [-0.1, -0.05) is 194 Å². The van der Waals surface area contributed by atoms with E-state index in [2.05, 4.69) is 181 Å². The monoisotopic (exact) mass is 805 g/mol. The Hall–Kier alpha value is -7.84. The fraction of sp³-hybridized carbons (Fsp3) is 0.0172. The smallest absolute Gasteiger partial charge is 0.187 e. The Bertz CT molecular complexity index is 3390. The van der Waals surface area contributed by atoms with Gasteiger partial charge in [0.05, 0.1) is 23.4 Å². The molecule has 0 N–H and O–H groups in total. The lowest BCUT2D eigenvalue weighted by Gasteiger charge is -2.40. The van der Waals surface area contributed by atoms with Crippen LogP contribution < -0.4 is 0 Å². The summed E-state index contributed by atoms with van der Waals surface area (Å²) < 4.78 is 0. The van der Waals surface area contributed by atoms with Crippen molar-refractivity contribution in [1.82, 2.24) is 9.97 Å². The molecule has 0 amide bonds. The van der Waals surface area contributed by atoms with Crippen LogP contribution in [0.5, 0.6) is 0 Å². The number of rotatable bonds is 5. The molecule has 1 aliphatic carbocycles. The van der Waals surface area contributed by atoms with E-state index in [9.17, 15) is 0 Å². The minimum absolute atomic E-state index is 0.590. The van der Waals surface area contributed by atoms with Crippen molar-refractivity contribution in [1.29, 1.82) is 0 Å². The molecule has 1 atom stereocenters. The lowest BCUT2D eigenvalue weighted by atomic mass is 9.66. The van der Waals surface area contributed by atoms with E-state index in [0.29, 0.717) is 11.5 Å². The molecule has 288 valence electrons. The summed E-state index contributed by atoms with van der Waals surface area (Å²) >= 11 is 1.86. The highest BCUT2D eigenvalue weighted by Crippen LogP contribution is 2.63. The van der Waals surface area contributed by atoms with Crippen molar-refractivity contribution in [3.05, 3.63) is 246 Å². The molecule has 4 heteroatoms. The molecular weight excluding hydrogens is 771 g/mol. The molecule has 1 aromatic heterocycles. The average Bonchev–Trinajstić information content (AvgIpc) is 3.64. The third kappa shape index (κ3) is 5.60. The number of fused-ring (bicyclic) bond motifs is 10. The number of benzene rings is 9. The molecule has 0 saturated heterocycles.